The summed E-state index contributed by atoms with van der Waals surface area (Å²) in [5.74, 6) is -0.242. The smallest absolute Gasteiger partial charge is 0.274 e. The topological polar surface area (TPSA) is 84.4 Å². The van der Waals surface area contributed by atoms with Crippen molar-refractivity contribution in [3.05, 3.63) is 11.9 Å². The fourth-order valence-electron chi connectivity index (χ4n) is 1.21. The first-order valence-electron chi connectivity index (χ1n) is 4.64. The standard InChI is InChI=1S/C9H16N4O2/c1-6(5-14)12(2)9(15)8-7(10)4-11-13(8)3/h4,6,14H,5,10H2,1-3H3. The Bertz CT molecular complexity index is 341. The second kappa shape index (κ2) is 4.31. The number of nitrogen functional groups attached to an aromatic ring is 1. The lowest BCUT2D eigenvalue weighted by Crippen LogP contribution is -2.38. The molecule has 1 aromatic heterocycles. The van der Waals surface area contributed by atoms with E-state index in [1.807, 2.05) is 0 Å². The van der Waals surface area contributed by atoms with E-state index in [2.05, 4.69) is 5.10 Å². The first kappa shape index (κ1) is 11.5. The highest BCUT2D eigenvalue weighted by Gasteiger charge is 2.22. The maximum atomic E-state index is 11.9. The average molecular weight is 212 g/mol. The number of hydrogen-bond donors (Lipinski definition) is 2. The molecule has 1 amide bonds. The SMILES string of the molecule is CC(CO)N(C)C(=O)c1c(N)cnn1C. The summed E-state index contributed by atoms with van der Waals surface area (Å²) in [6.45, 7) is 1.67. The van der Waals surface area contributed by atoms with Crippen LogP contribution in [0.1, 0.15) is 17.4 Å². The van der Waals surface area contributed by atoms with E-state index in [0.29, 0.717) is 11.4 Å². The molecule has 1 unspecified atom stereocenters. The Kier molecular flexibility index (Phi) is 3.31. The van der Waals surface area contributed by atoms with Crippen LogP contribution in [0, 0.1) is 0 Å². The number of aryl methyl sites for hydroxylation is 1. The molecule has 1 rings (SSSR count). The van der Waals surface area contributed by atoms with Crippen LogP contribution in [0.4, 0.5) is 5.69 Å². The highest BCUT2D eigenvalue weighted by atomic mass is 16.3. The van der Waals surface area contributed by atoms with Gasteiger partial charge in [-0.05, 0) is 6.92 Å². The van der Waals surface area contributed by atoms with Crippen molar-refractivity contribution >= 4 is 11.6 Å². The molecule has 0 aromatic carbocycles. The van der Waals surface area contributed by atoms with Crippen LogP contribution < -0.4 is 5.73 Å². The Morgan fingerprint density at radius 3 is 2.80 bits per heavy atom. The number of nitrogens with zero attached hydrogens (tertiary/aromatic N) is 3. The van der Waals surface area contributed by atoms with Crippen LogP contribution in [-0.2, 0) is 7.05 Å². The molecule has 3 N–H and O–H groups in total. The number of carbonyl (C=O) groups excluding carboxylic acids is 1. The van der Waals surface area contributed by atoms with Crippen LogP contribution in [0.5, 0.6) is 0 Å². The fraction of sp³-hybridized carbons (Fsp3) is 0.556. The molecule has 1 heterocycles. The molecule has 0 aliphatic carbocycles. The third-order valence-electron chi connectivity index (χ3n) is 2.42. The monoisotopic (exact) mass is 212 g/mol. The van der Waals surface area contributed by atoms with Crippen molar-refractivity contribution < 1.29 is 9.90 Å². The zero-order valence-corrected chi connectivity index (χ0v) is 9.14. The van der Waals surface area contributed by atoms with Crippen LogP contribution in [0.3, 0.4) is 0 Å². The molecular formula is C9H16N4O2. The van der Waals surface area contributed by atoms with Crippen molar-refractivity contribution in [2.45, 2.75) is 13.0 Å². The number of rotatable bonds is 3. The maximum Gasteiger partial charge on any atom is 0.274 e. The minimum Gasteiger partial charge on any atom is -0.396 e. The molecule has 6 nitrogen and oxygen atoms in total. The Morgan fingerprint density at radius 2 is 2.40 bits per heavy atom. The van der Waals surface area contributed by atoms with Crippen molar-refractivity contribution in [2.24, 2.45) is 7.05 Å². The van der Waals surface area contributed by atoms with Gasteiger partial charge in [-0.1, -0.05) is 0 Å². The summed E-state index contributed by atoms with van der Waals surface area (Å²) in [6, 6.07) is -0.244. The fourth-order valence-corrected chi connectivity index (χ4v) is 1.21. The molecule has 0 saturated heterocycles. The van der Waals surface area contributed by atoms with E-state index >= 15 is 0 Å². The number of anilines is 1. The van der Waals surface area contributed by atoms with Crippen LogP contribution >= 0.6 is 0 Å². The van der Waals surface area contributed by atoms with Crippen LogP contribution in [0.25, 0.3) is 0 Å². The second-order valence-corrected chi connectivity index (χ2v) is 3.52. The number of likely N-dealkylation sites (N-methyl/N-ethyl adjacent to an activating group) is 1. The lowest BCUT2D eigenvalue weighted by atomic mass is 10.2. The highest BCUT2D eigenvalue weighted by molar-refractivity contribution is 5.97. The number of aliphatic hydroxyl groups is 1. The summed E-state index contributed by atoms with van der Waals surface area (Å²) < 4.78 is 1.43. The minimum atomic E-state index is -0.244. The summed E-state index contributed by atoms with van der Waals surface area (Å²) in [7, 11) is 3.27. The Labute approximate surface area is 88.3 Å². The lowest BCUT2D eigenvalue weighted by Gasteiger charge is -2.23. The lowest BCUT2D eigenvalue weighted by molar-refractivity contribution is 0.0672. The molecule has 15 heavy (non-hydrogen) atoms. The van der Waals surface area contributed by atoms with Gasteiger partial charge in [-0.3, -0.25) is 9.48 Å². The van der Waals surface area contributed by atoms with E-state index in [0.717, 1.165) is 0 Å². The van der Waals surface area contributed by atoms with Gasteiger partial charge in [0.25, 0.3) is 5.91 Å². The molecule has 0 spiro atoms. The van der Waals surface area contributed by atoms with Crippen molar-refractivity contribution in [1.29, 1.82) is 0 Å². The third-order valence-corrected chi connectivity index (χ3v) is 2.42. The number of amides is 1. The molecule has 0 fully saturated rings. The Morgan fingerprint density at radius 1 is 1.80 bits per heavy atom. The van der Waals surface area contributed by atoms with Crippen LogP contribution in [-0.4, -0.2) is 45.4 Å². The van der Waals surface area contributed by atoms with Gasteiger partial charge in [0.1, 0.15) is 5.69 Å². The molecule has 1 aromatic rings. The van der Waals surface area contributed by atoms with Crippen molar-refractivity contribution in [3.63, 3.8) is 0 Å². The van der Waals surface area contributed by atoms with Crippen molar-refractivity contribution in [1.82, 2.24) is 14.7 Å². The molecule has 0 saturated carbocycles. The second-order valence-electron chi connectivity index (χ2n) is 3.52. The summed E-state index contributed by atoms with van der Waals surface area (Å²) in [5.41, 5.74) is 6.32. The van der Waals surface area contributed by atoms with E-state index in [1.165, 1.54) is 15.8 Å². The maximum absolute atomic E-state index is 11.9. The van der Waals surface area contributed by atoms with Gasteiger partial charge in [-0.25, -0.2) is 0 Å². The number of nitrogens with two attached hydrogens (primary N) is 1. The first-order chi connectivity index (χ1) is 6.99. The summed E-state index contributed by atoms with van der Waals surface area (Å²) in [6.07, 6.45) is 1.44. The molecule has 0 bridgehead atoms. The van der Waals surface area contributed by atoms with Crippen molar-refractivity contribution in [2.75, 3.05) is 19.4 Å². The molecule has 1 atom stereocenters. The first-order valence-corrected chi connectivity index (χ1v) is 4.64. The van der Waals surface area contributed by atoms with Gasteiger partial charge in [0, 0.05) is 14.1 Å². The molecule has 0 aliphatic rings. The predicted octanol–water partition coefficient (Wildman–Crippen LogP) is -0.545. The number of carbonyl (C=O) groups is 1. The molecule has 84 valence electrons. The number of hydrogen-bond acceptors (Lipinski definition) is 4. The van der Waals surface area contributed by atoms with Gasteiger partial charge < -0.3 is 15.7 Å². The third kappa shape index (κ3) is 2.10. The van der Waals surface area contributed by atoms with Gasteiger partial charge >= 0.3 is 0 Å². The average Bonchev–Trinajstić information content (AvgIpc) is 2.55. The minimum absolute atomic E-state index is 0.0833. The molecule has 0 aliphatic heterocycles. The predicted molar refractivity (Wildman–Crippen MR) is 56.3 cm³/mol. The summed E-state index contributed by atoms with van der Waals surface area (Å²) in [4.78, 5) is 13.4. The van der Waals surface area contributed by atoms with Crippen molar-refractivity contribution in [3.8, 4) is 0 Å². The van der Waals surface area contributed by atoms with E-state index in [1.54, 1.807) is 21.0 Å². The summed E-state index contributed by atoms with van der Waals surface area (Å²) >= 11 is 0. The van der Waals surface area contributed by atoms with E-state index in [-0.39, 0.29) is 18.6 Å². The van der Waals surface area contributed by atoms with E-state index in [4.69, 9.17) is 10.8 Å². The molecule has 6 heteroatoms. The van der Waals surface area contributed by atoms with E-state index < -0.39 is 0 Å². The van der Waals surface area contributed by atoms with Gasteiger partial charge in [-0.15, -0.1) is 0 Å². The van der Waals surface area contributed by atoms with Gasteiger partial charge in [-0.2, -0.15) is 5.10 Å². The zero-order valence-electron chi connectivity index (χ0n) is 9.14. The summed E-state index contributed by atoms with van der Waals surface area (Å²) in [5, 5.41) is 12.8. The quantitative estimate of drug-likeness (QED) is 0.704. The zero-order chi connectivity index (χ0) is 11.6. The molecular weight excluding hydrogens is 196 g/mol. The Hall–Kier alpha value is -1.56. The van der Waals surface area contributed by atoms with Gasteiger partial charge in [0.15, 0.2) is 0 Å². The normalized spacial score (nSPS) is 12.5. The van der Waals surface area contributed by atoms with Crippen LogP contribution in [0.2, 0.25) is 0 Å². The van der Waals surface area contributed by atoms with Crippen LogP contribution in [0.15, 0.2) is 6.20 Å². The number of aromatic nitrogens is 2. The highest BCUT2D eigenvalue weighted by Crippen LogP contribution is 2.12. The van der Waals surface area contributed by atoms with Gasteiger partial charge in [0.2, 0.25) is 0 Å². The van der Waals surface area contributed by atoms with Gasteiger partial charge in [0.05, 0.1) is 24.5 Å². The molecule has 0 radical (unpaired) electrons. The largest absolute Gasteiger partial charge is 0.396 e. The Balaban J connectivity index is 2.94. The number of aliphatic hydroxyl groups excluding tert-OH is 1. The van der Waals surface area contributed by atoms with E-state index in [9.17, 15) is 4.79 Å².